The van der Waals surface area contributed by atoms with Crippen molar-refractivity contribution in [3.63, 3.8) is 0 Å². The van der Waals surface area contributed by atoms with Crippen LogP contribution < -0.4 is 5.32 Å². The molecule has 1 aromatic carbocycles. The summed E-state index contributed by atoms with van der Waals surface area (Å²) in [5, 5.41) is 2.54. The number of carbonyl (C=O) groups is 1. The molecular weight excluding hydrogens is 297 g/mol. The van der Waals surface area contributed by atoms with Crippen LogP contribution in [0.25, 0.3) is 0 Å². The Morgan fingerprint density at radius 3 is 2.73 bits per heavy atom. The zero-order chi connectivity index (χ0) is 16.0. The second kappa shape index (κ2) is 7.49. The van der Waals surface area contributed by atoms with Crippen molar-refractivity contribution in [1.29, 1.82) is 0 Å². The molecule has 0 spiro atoms. The van der Waals surface area contributed by atoms with Crippen molar-refractivity contribution < 1.29 is 22.7 Å². The van der Waals surface area contributed by atoms with Crippen molar-refractivity contribution in [1.82, 2.24) is 10.2 Å². The van der Waals surface area contributed by atoms with Crippen molar-refractivity contribution in [3.05, 3.63) is 35.9 Å². The molecule has 122 valence electrons. The first-order valence-corrected chi connectivity index (χ1v) is 7.21. The van der Waals surface area contributed by atoms with E-state index >= 15 is 0 Å². The first kappa shape index (κ1) is 16.6. The lowest BCUT2D eigenvalue weighted by Gasteiger charge is -2.33. The third-order valence-electron chi connectivity index (χ3n) is 3.63. The van der Waals surface area contributed by atoms with Gasteiger partial charge in [-0.05, 0) is 24.3 Å². The molecule has 22 heavy (non-hydrogen) atoms. The van der Waals surface area contributed by atoms with Crippen LogP contribution >= 0.6 is 0 Å². The summed E-state index contributed by atoms with van der Waals surface area (Å²) >= 11 is 0. The van der Waals surface area contributed by atoms with Gasteiger partial charge in [-0.15, -0.1) is 0 Å². The van der Waals surface area contributed by atoms with Crippen LogP contribution in [0.15, 0.2) is 30.3 Å². The predicted molar refractivity (Wildman–Crippen MR) is 75.0 cm³/mol. The molecule has 7 heteroatoms. The fourth-order valence-corrected chi connectivity index (χ4v) is 2.46. The van der Waals surface area contributed by atoms with Gasteiger partial charge in [0, 0.05) is 19.6 Å². The Labute approximate surface area is 127 Å². The molecule has 1 aliphatic rings. The molecule has 0 aromatic heterocycles. The van der Waals surface area contributed by atoms with E-state index in [2.05, 4.69) is 5.32 Å². The van der Waals surface area contributed by atoms with Gasteiger partial charge in [-0.25, -0.2) is 9.69 Å². The van der Waals surface area contributed by atoms with E-state index in [1.54, 1.807) is 0 Å². The quantitative estimate of drug-likeness (QED) is 0.868. The number of likely N-dealkylation sites (tertiary alicyclic amines) is 1. The van der Waals surface area contributed by atoms with Crippen molar-refractivity contribution in [3.8, 4) is 0 Å². The molecule has 1 N–H and O–H groups in total. The van der Waals surface area contributed by atoms with Crippen molar-refractivity contribution >= 4 is 6.09 Å². The van der Waals surface area contributed by atoms with Gasteiger partial charge in [-0.3, -0.25) is 0 Å². The number of piperidine rings is 1. The molecule has 1 unspecified atom stereocenters. The topological polar surface area (TPSA) is 41.6 Å². The SMILES string of the molecule is O=C(NCC1CCCN(C(F)(F)F)C1)OCc1ccccc1. The molecular formula is C15H19F3N2O2. The fourth-order valence-electron chi connectivity index (χ4n) is 2.46. The molecule has 1 aliphatic heterocycles. The van der Waals surface area contributed by atoms with Crippen LogP contribution in [0.3, 0.4) is 0 Å². The zero-order valence-electron chi connectivity index (χ0n) is 12.1. The summed E-state index contributed by atoms with van der Waals surface area (Å²) in [5.41, 5.74) is 0.860. The highest BCUT2D eigenvalue weighted by Gasteiger charge is 2.39. The van der Waals surface area contributed by atoms with Gasteiger partial charge in [0.25, 0.3) is 0 Å². The number of ether oxygens (including phenoxy) is 1. The molecule has 0 bridgehead atoms. The minimum Gasteiger partial charge on any atom is -0.445 e. The maximum atomic E-state index is 12.6. The summed E-state index contributed by atoms with van der Waals surface area (Å²) in [4.78, 5) is 12.1. The van der Waals surface area contributed by atoms with Gasteiger partial charge in [0.2, 0.25) is 0 Å². The van der Waals surface area contributed by atoms with E-state index in [1.165, 1.54) is 0 Å². The fraction of sp³-hybridized carbons (Fsp3) is 0.533. The van der Waals surface area contributed by atoms with Gasteiger partial charge < -0.3 is 10.1 Å². The molecule has 0 saturated carbocycles. The van der Waals surface area contributed by atoms with E-state index in [4.69, 9.17) is 4.74 Å². The van der Waals surface area contributed by atoms with Crippen LogP contribution in [0.1, 0.15) is 18.4 Å². The Morgan fingerprint density at radius 1 is 1.32 bits per heavy atom. The third-order valence-corrected chi connectivity index (χ3v) is 3.63. The summed E-state index contributed by atoms with van der Waals surface area (Å²) in [6, 6.07) is 9.19. The monoisotopic (exact) mass is 316 g/mol. The van der Waals surface area contributed by atoms with E-state index in [0.717, 1.165) is 5.56 Å². The lowest BCUT2D eigenvalue weighted by Crippen LogP contribution is -2.47. The Hall–Kier alpha value is -1.76. The second-order valence-electron chi connectivity index (χ2n) is 5.36. The number of alkyl carbamates (subject to hydrolysis) is 1. The van der Waals surface area contributed by atoms with E-state index in [1.807, 2.05) is 30.3 Å². The Kier molecular flexibility index (Phi) is 5.65. The number of nitrogens with one attached hydrogen (secondary N) is 1. The smallest absolute Gasteiger partial charge is 0.445 e. The molecule has 1 saturated heterocycles. The highest BCUT2D eigenvalue weighted by atomic mass is 19.4. The predicted octanol–water partition coefficient (Wildman–Crippen LogP) is 3.14. The molecule has 1 amide bonds. The average Bonchev–Trinajstić information content (AvgIpc) is 2.51. The van der Waals surface area contributed by atoms with Gasteiger partial charge in [-0.2, -0.15) is 13.2 Å². The summed E-state index contributed by atoms with van der Waals surface area (Å²) < 4.78 is 42.9. The summed E-state index contributed by atoms with van der Waals surface area (Å²) in [6.45, 7) is 0.285. The maximum Gasteiger partial charge on any atom is 0.459 e. The number of carbonyl (C=O) groups excluding carboxylic acids is 1. The van der Waals surface area contributed by atoms with Crippen molar-refractivity contribution in [2.24, 2.45) is 5.92 Å². The first-order chi connectivity index (χ1) is 10.4. The molecule has 4 nitrogen and oxygen atoms in total. The number of alkyl halides is 3. The highest BCUT2D eigenvalue weighted by molar-refractivity contribution is 5.67. The minimum atomic E-state index is -4.30. The van der Waals surface area contributed by atoms with Crippen molar-refractivity contribution in [2.75, 3.05) is 19.6 Å². The molecule has 1 atom stereocenters. The van der Waals surface area contributed by atoms with E-state index in [9.17, 15) is 18.0 Å². The lowest BCUT2D eigenvalue weighted by atomic mass is 9.98. The molecule has 0 aliphatic carbocycles. The number of benzene rings is 1. The summed E-state index contributed by atoms with van der Waals surface area (Å²) in [7, 11) is 0. The van der Waals surface area contributed by atoms with Crippen LogP contribution in [0.5, 0.6) is 0 Å². The van der Waals surface area contributed by atoms with Crippen LogP contribution in [-0.4, -0.2) is 36.9 Å². The largest absolute Gasteiger partial charge is 0.459 e. The van der Waals surface area contributed by atoms with Crippen molar-refractivity contribution in [2.45, 2.75) is 25.7 Å². The van der Waals surface area contributed by atoms with Gasteiger partial charge in [0.05, 0.1) is 0 Å². The van der Waals surface area contributed by atoms with Crippen LogP contribution in [0.4, 0.5) is 18.0 Å². The van der Waals surface area contributed by atoms with Gasteiger partial charge in [0.15, 0.2) is 0 Å². The van der Waals surface area contributed by atoms with E-state index in [0.29, 0.717) is 17.7 Å². The molecule has 1 heterocycles. The summed E-state index contributed by atoms with van der Waals surface area (Å²) in [6.07, 6.45) is -3.75. The number of nitrogens with zero attached hydrogens (tertiary/aromatic N) is 1. The van der Waals surface area contributed by atoms with Crippen LogP contribution in [-0.2, 0) is 11.3 Å². The number of amides is 1. The number of hydrogen-bond acceptors (Lipinski definition) is 3. The number of rotatable bonds is 4. The zero-order valence-corrected chi connectivity index (χ0v) is 12.1. The molecule has 0 radical (unpaired) electrons. The highest BCUT2D eigenvalue weighted by Crippen LogP contribution is 2.27. The Morgan fingerprint density at radius 2 is 2.05 bits per heavy atom. The van der Waals surface area contributed by atoms with E-state index in [-0.39, 0.29) is 32.2 Å². The first-order valence-electron chi connectivity index (χ1n) is 7.21. The van der Waals surface area contributed by atoms with Gasteiger partial charge in [-0.1, -0.05) is 30.3 Å². The minimum absolute atomic E-state index is 0.0262. The standard InChI is InChI=1S/C15H19F3N2O2/c16-15(17,18)20-8-4-7-13(10-20)9-19-14(21)22-11-12-5-2-1-3-6-12/h1-3,5-6,13H,4,7-11H2,(H,19,21). The molecule has 1 fully saturated rings. The van der Waals surface area contributed by atoms with Crippen LogP contribution in [0.2, 0.25) is 0 Å². The third kappa shape index (κ3) is 5.22. The van der Waals surface area contributed by atoms with Gasteiger partial charge in [0.1, 0.15) is 6.61 Å². The lowest BCUT2D eigenvalue weighted by molar-refractivity contribution is -0.253. The Bertz CT molecular complexity index is 479. The average molecular weight is 316 g/mol. The number of halogens is 3. The molecule has 2 rings (SSSR count). The number of hydrogen-bond donors (Lipinski definition) is 1. The molecule has 1 aromatic rings. The van der Waals surface area contributed by atoms with Gasteiger partial charge >= 0.3 is 12.4 Å². The summed E-state index contributed by atoms with van der Waals surface area (Å²) in [5.74, 6) is -0.209. The Balaban J connectivity index is 1.70. The second-order valence-corrected chi connectivity index (χ2v) is 5.36. The van der Waals surface area contributed by atoms with E-state index < -0.39 is 12.4 Å². The van der Waals surface area contributed by atoms with Crippen LogP contribution in [0, 0.1) is 5.92 Å². The maximum absolute atomic E-state index is 12.6. The normalized spacial score (nSPS) is 19.7.